The van der Waals surface area contributed by atoms with Gasteiger partial charge < -0.3 is 4.74 Å². The summed E-state index contributed by atoms with van der Waals surface area (Å²) in [6.45, 7) is 5.92. The van der Waals surface area contributed by atoms with Crippen LogP contribution in [0.1, 0.15) is 27.9 Å². The van der Waals surface area contributed by atoms with Crippen LogP contribution in [-0.2, 0) is 4.74 Å². The van der Waals surface area contributed by atoms with Gasteiger partial charge in [-0.2, -0.15) is 0 Å². The van der Waals surface area contributed by atoms with Crippen LogP contribution in [0.25, 0.3) is 0 Å². The van der Waals surface area contributed by atoms with Crippen LogP contribution in [0.5, 0.6) is 0 Å². The molecule has 88 valence electrons. The molecule has 16 heavy (non-hydrogen) atoms. The average Bonchev–Trinajstić information content (AvgIpc) is 2.75. The van der Waals surface area contributed by atoms with Crippen molar-refractivity contribution in [3.8, 4) is 0 Å². The van der Waals surface area contributed by atoms with Crippen LogP contribution < -0.4 is 0 Å². The number of alkyl halides is 1. The molecular formula is C13H16BrClO. The van der Waals surface area contributed by atoms with Gasteiger partial charge in [-0.3, -0.25) is 0 Å². The van der Waals surface area contributed by atoms with Gasteiger partial charge in [0.1, 0.15) is 0 Å². The second-order valence-corrected chi connectivity index (χ2v) is 5.88. The molecule has 1 aliphatic rings. The van der Waals surface area contributed by atoms with Gasteiger partial charge in [0.05, 0.1) is 6.61 Å². The molecule has 0 bridgehead atoms. The van der Waals surface area contributed by atoms with Crippen LogP contribution in [0.4, 0.5) is 0 Å². The van der Waals surface area contributed by atoms with Crippen molar-refractivity contribution in [3.63, 3.8) is 0 Å². The molecule has 1 fully saturated rings. The van der Waals surface area contributed by atoms with Crippen molar-refractivity contribution in [1.82, 2.24) is 0 Å². The lowest BCUT2D eigenvalue weighted by molar-refractivity contribution is 0.185. The van der Waals surface area contributed by atoms with Gasteiger partial charge in [-0.1, -0.05) is 33.6 Å². The normalized spacial score (nSPS) is 22.4. The Morgan fingerprint density at radius 1 is 1.38 bits per heavy atom. The van der Waals surface area contributed by atoms with Crippen molar-refractivity contribution >= 4 is 27.5 Å². The van der Waals surface area contributed by atoms with E-state index < -0.39 is 0 Å². The molecule has 0 N–H and O–H groups in total. The third kappa shape index (κ3) is 2.44. The summed E-state index contributed by atoms with van der Waals surface area (Å²) in [5, 5.41) is 0.858. The molecule has 1 aromatic rings. The van der Waals surface area contributed by atoms with Gasteiger partial charge in [-0.05, 0) is 43.0 Å². The number of hydrogen-bond donors (Lipinski definition) is 0. The number of benzene rings is 1. The van der Waals surface area contributed by atoms with E-state index in [0.29, 0.717) is 10.7 Å². The van der Waals surface area contributed by atoms with Gasteiger partial charge in [0.25, 0.3) is 0 Å². The summed E-state index contributed by atoms with van der Waals surface area (Å²) < 4.78 is 5.42. The van der Waals surface area contributed by atoms with E-state index in [1.54, 1.807) is 0 Å². The summed E-state index contributed by atoms with van der Waals surface area (Å²) in [7, 11) is 0. The fraction of sp³-hybridized carbons (Fsp3) is 0.538. The highest BCUT2D eigenvalue weighted by atomic mass is 79.9. The third-order valence-electron chi connectivity index (χ3n) is 3.29. The molecule has 2 rings (SSSR count). The Morgan fingerprint density at radius 3 is 2.69 bits per heavy atom. The van der Waals surface area contributed by atoms with Crippen molar-refractivity contribution in [2.24, 2.45) is 5.92 Å². The van der Waals surface area contributed by atoms with Crippen molar-refractivity contribution < 1.29 is 4.74 Å². The first kappa shape index (κ1) is 12.4. The molecule has 3 heteroatoms. The molecular weight excluding hydrogens is 287 g/mol. The van der Waals surface area contributed by atoms with Crippen LogP contribution in [0.15, 0.2) is 12.1 Å². The molecule has 0 spiro atoms. The van der Waals surface area contributed by atoms with Gasteiger partial charge >= 0.3 is 0 Å². The molecule has 1 heterocycles. The molecule has 0 aromatic heterocycles. The number of aryl methyl sites for hydroxylation is 2. The van der Waals surface area contributed by atoms with E-state index in [0.717, 1.165) is 24.7 Å². The molecule has 0 aliphatic carbocycles. The van der Waals surface area contributed by atoms with E-state index in [-0.39, 0.29) is 0 Å². The second kappa shape index (κ2) is 5.07. The highest BCUT2D eigenvalue weighted by Crippen LogP contribution is 2.40. The first-order valence-electron chi connectivity index (χ1n) is 5.58. The molecule has 2 unspecified atom stereocenters. The topological polar surface area (TPSA) is 9.23 Å². The van der Waals surface area contributed by atoms with Gasteiger partial charge in [-0.25, -0.2) is 0 Å². The van der Waals surface area contributed by atoms with E-state index in [1.165, 1.54) is 16.7 Å². The molecule has 0 radical (unpaired) electrons. The maximum absolute atomic E-state index is 6.30. The van der Waals surface area contributed by atoms with Crippen LogP contribution in [-0.4, -0.2) is 13.2 Å². The molecule has 1 nitrogen and oxygen atoms in total. The van der Waals surface area contributed by atoms with E-state index >= 15 is 0 Å². The first-order chi connectivity index (χ1) is 7.59. The molecule has 1 aliphatic heterocycles. The molecule has 1 saturated heterocycles. The monoisotopic (exact) mass is 302 g/mol. The summed E-state index contributed by atoms with van der Waals surface area (Å²) in [5.74, 6) is 0.541. The lowest BCUT2D eigenvalue weighted by Gasteiger charge is -2.19. The Morgan fingerprint density at radius 2 is 2.06 bits per heavy atom. The van der Waals surface area contributed by atoms with Crippen molar-refractivity contribution in [3.05, 3.63) is 33.8 Å². The highest BCUT2D eigenvalue weighted by molar-refractivity contribution is 9.09. The fourth-order valence-corrected chi connectivity index (χ4v) is 3.32. The van der Waals surface area contributed by atoms with Gasteiger partial charge in [0, 0.05) is 22.4 Å². The molecule has 2 atom stereocenters. The predicted octanol–water partition coefficient (Wildman–Crippen LogP) is 4.43. The minimum absolute atomic E-state index is 0.307. The smallest absolute Gasteiger partial charge is 0.0509 e. The van der Waals surface area contributed by atoms with Crippen molar-refractivity contribution in [1.29, 1.82) is 0 Å². The van der Waals surface area contributed by atoms with Crippen LogP contribution in [0, 0.1) is 19.8 Å². The summed E-state index contributed by atoms with van der Waals surface area (Å²) in [6.07, 6.45) is 1.11. The SMILES string of the molecule is Cc1cc(Cl)c(C(Br)C2CCOC2)cc1C. The number of hydrogen-bond acceptors (Lipinski definition) is 1. The maximum atomic E-state index is 6.30. The van der Waals surface area contributed by atoms with E-state index in [9.17, 15) is 0 Å². The van der Waals surface area contributed by atoms with Crippen LogP contribution in [0.3, 0.4) is 0 Å². The molecule has 0 saturated carbocycles. The fourth-order valence-electron chi connectivity index (χ4n) is 2.05. The third-order valence-corrected chi connectivity index (χ3v) is 4.86. The average molecular weight is 304 g/mol. The predicted molar refractivity (Wildman–Crippen MR) is 71.5 cm³/mol. The summed E-state index contributed by atoms with van der Waals surface area (Å²) in [4.78, 5) is 0.307. The zero-order valence-electron chi connectivity index (χ0n) is 9.59. The zero-order chi connectivity index (χ0) is 11.7. The highest BCUT2D eigenvalue weighted by Gasteiger charge is 2.26. The molecule has 1 aromatic carbocycles. The second-order valence-electron chi connectivity index (χ2n) is 4.48. The standard InChI is InChI=1S/C13H16BrClO/c1-8-5-11(12(15)6-9(8)2)13(14)10-3-4-16-7-10/h5-6,10,13H,3-4,7H2,1-2H3. The summed E-state index contributed by atoms with van der Waals surface area (Å²) >= 11 is 10.1. The van der Waals surface area contributed by atoms with Gasteiger partial charge in [0.2, 0.25) is 0 Å². The van der Waals surface area contributed by atoms with Crippen LogP contribution in [0.2, 0.25) is 5.02 Å². The quantitative estimate of drug-likeness (QED) is 0.734. The number of halogens is 2. The van der Waals surface area contributed by atoms with Crippen LogP contribution >= 0.6 is 27.5 Å². The van der Waals surface area contributed by atoms with E-state index in [4.69, 9.17) is 16.3 Å². The van der Waals surface area contributed by atoms with Gasteiger partial charge in [-0.15, -0.1) is 0 Å². The first-order valence-corrected chi connectivity index (χ1v) is 6.87. The van der Waals surface area contributed by atoms with E-state index in [1.807, 2.05) is 0 Å². The Hall–Kier alpha value is -0.0500. The zero-order valence-corrected chi connectivity index (χ0v) is 11.9. The van der Waals surface area contributed by atoms with Crippen molar-refractivity contribution in [2.45, 2.75) is 25.1 Å². The molecule has 0 amide bonds. The Labute approximate surface area is 110 Å². The van der Waals surface area contributed by atoms with Crippen molar-refractivity contribution in [2.75, 3.05) is 13.2 Å². The lowest BCUT2D eigenvalue weighted by Crippen LogP contribution is -2.08. The Kier molecular flexibility index (Phi) is 3.93. The Balaban J connectivity index is 2.28. The number of ether oxygens (including phenoxy) is 1. The van der Waals surface area contributed by atoms with Gasteiger partial charge in [0.15, 0.2) is 0 Å². The Bertz CT molecular complexity index is 386. The lowest BCUT2D eigenvalue weighted by atomic mass is 9.96. The summed E-state index contributed by atoms with van der Waals surface area (Å²) in [5.41, 5.74) is 3.74. The maximum Gasteiger partial charge on any atom is 0.0509 e. The van der Waals surface area contributed by atoms with E-state index in [2.05, 4.69) is 41.9 Å². The minimum atomic E-state index is 0.307. The minimum Gasteiger partial charge on any atom is -0.381 e. The largest absolute Gasteiger partial charge is 0.381 e. The summed E-state index contributed by atoms with van der Waals surface area (Å²) in [6, 6.07) is 4.24. The number of rotatable bonds is 2.